The Balaban J connectivity index is 2.23. The average molecular weight is 256 g/mol. The zero-order chi connectivity index (χ0) is 13.5. The van der Waals surface area contributed by atoms with E-state index in [9.17, 15) is 9.90 Å². The molecule has 0 spiro atoms. The van der Waals surface area contributed by atoms with Crippen LogP contribution in [0.5, 0.6) is 0 Å². The number of aliphatic hydroxyl groups excluding tert-OH is 1. The first-order chi connectivity index (χ1) is 8.52. The van der Waals surface area contributed by atoms with Crippen LogP contribution >= 0.6 is 0 Å². The minimum absolute atomic E-state index is 0.0701. The summed E-state index contributed by atoms with van der Waals surface area (Å²) in [5.74, 6) is 0.577. The number of carbonyl (C=O) groups excluding carboxylic acids is 1. The lowest BCUT2D eigenvalue weighted by Gasteiger charge is -2.27. The molecule has 1 fully saturated rings. The third kappa shape index (κ3) is 5.36. The molecule has 106 valence electrons. The summed E-state index contributed by atoms with van der Waals surface area (Å²) in [6.45, 7) is 6.80. The summed E-state index contributed by atoms with van der Waals surface area (Å²) < 4.78 is 0. The van der Waals surface area contributed by atoms with Crippen molar-refractivity contribution >= 4 is 5.91 Å². The minimum atomic E-state index is -0.155. The third-order valence-electron chi connectivity index (χ3n) is 3.86. The quantitative estimate of drug-likeness (QED) is 0.674. The Bertz CT molecular complexity index is 258. The topological polar surface area (TPSA) is 61.4 Å². The second-order valence-corrected chi connectivity index (χ2v) is 5.63. The zero-order valence-electron chi connectivity index (χ0n) is 11.9. The van der Waals surface area contributed by atoms with Gasteiger partial charge >= 0.3 is 0 Å². The first-order valence-corrected chi connectivity index (χ1v) is 7.24. The monoisotopic (exact) mass is 256 g/mol. The fourth-order valence-corrected chi connectivity index (χ4v) is 2.35. The molecule has 0 bridgehead atoms. The predicted octanol–water partition coefficient (Wildman–Crippen LogP) is 1.43. The van der Waals surface area contributed by atoms with E-state index in [0.29, 0.717) is 5.92 Å². The van der Waals surface area contributed by atoms with Crippen molar-refractivity contribution in [3.05, 3.63) is 0 Å². The van der Waals surface area contributed by atoms with Gasteiger partial charge in [-0.2, -0.15) is 0 Å². The van der Waals surface area contributed by atoms with Crippen molar-refractivity contribution in [2.75, 3.05) is 6.54 Å². The second-order valence-electron chi connectivity index (χ2n) is 5.63. The summed E-state index contributed by atoms with van der Waals surface area (Å²) in [4.78, 5) is 11.8. The number of nitrogens with one attached hydrogen (secondary N) is 2. The maximum atomic E-state index is 11.8. The first kappa shape index (κ1) is 15.4. The minimum Gasteiger partial charge on any atom is -0.393 e. The molecule has 4 nitrogen and oxygen atoms in total. The van der Waals surface area contributed by atoms with Gasteiger partial charge in [-0.15, -0.1) is 0 Å². The predicted molar refractivity (Wildman–Crippen MR) is 73.3 cm³/mol. The van der Waals surface area contributed by atoms with Gasteiger partial charge in [0, 0.05) is 6.04 Å². The van der Waals surface area contributed by atoms with Crippen molar-refractivity contribution < 1.29 is 9.90 Å². The van der Waals surface area contributed by atoms with Crippen LogP contribution in [0.1, 0.15) is 52.9 Å². The molecule has 0 heterocycles. The number of carbonyl (C=O) groups is 1. The van der Waals surface area contributed by atoms with Crippen molar-refractivity contribution in [2.45, 2.75) is 71.1 Å². The fourth-order valence-electron chi connectivity index (χ4n) is 2.35. The Morgan fingerprint density at radius 2 is 2.11 bits per heavy atom. The summed E-state index contributed by atoms with van der Waals surface area (Å²) in [5, 5.41) is 15.9. The molecule has 0 aromatic carbocycles. The highest BCUT2D eigenvalue weighted by Crippen LogP contribution is 2.23. The second kappa shape index (κ2) is 7.74. The van der Waals surface area contributed by atoms with Crippen molar-refractivity contribution in [3.63, 3.8) is 0 Å². The molecular formula is C14H28N2O2. The zero-order valence-corrected chi connectivity index (χ0v) is 11.9. The van der Waals surface area contributed by atoms with Gasteiger partial charge in [-0.25, -0.2) is 0 Å². The number of aliphatic hydroxyl groups is 1. The molecule has 4 unspecified atom stereocenters. The Morgan fingerprint density at radius 3 is 2.72 bits per heavy atom. The van der Waals surface area contributed by atoms with Crippen molar-refractivity contribution in [1.82, 2.24) is 10.6 Å². The molecule has 0 saturated heterocycles. The van der Waals surface area contributed by atoms with Gasteiger partial charge in [0.1, 0.15) is 0 Å². The van der Waals surface area contributed by atoms with Crippen LogP contribution in [0.15, 0.2) is 0 Å². The van der Waals surface area contributed by atoms with E-state index in [0.717, 1.165) is 38.6 Å². The van der Waals surface area contributed by atoms with Crippen LogP contribution in [0.4, 0.5) is 0 Å². The van der Waals surface area contributed by atoms with E-state index in [4.69, 9.17) is 0 Å². The van der Waals surface area contributed by atoms with Gasteiger partial charge in [0.15, 0.2) is 0 Å². The Kier molecular flexibility index (Phi) is 6.65. The molecule has 1 aliphatic carbocycles. The molecule has 0 aromatic rings. The molecule has 0 aromatic heterocycles. The fraction of sp³-hybridized carbons (Fsp3) is 0.929. The van der Waals surface area contributed by atoms with Crippen LogP contribution in [0.25, 0.3) is 0 Å². The molecule has 1 amide bonds. The van der Waals surface area contributed by atoms with E-state index in [-0.39, 0.29) is 24.1 Å². The molecule has 18 heavy (non-hydrogen) atoms. The third-order valence-corrected chi connectivity index (χ3v) is 3.86. The number of amides is 1. The van der Waals surface area contributed by atoms with Gasteiger partial charge in [-0.05, 0) is 52.0 Å². The summed E-state index contributed by atoms with van der Waals surface area (Å²) in [5.41, 5.74) is 0. The molecule has 1 aliphatic rings. The molecule has 1 rings (SSSR count). The van der Waals surface area contributed by atoms with E-state index in [1.807, 2.05) is 13.8 Å². The lowest BCUT2D eigenvalue weighted by atomic mass is 9.87. The maximum Gasteiger partial charge on any atom is 0.237 e. The summed E-state index contributed by atoms with van der Waals surface area (Å²) in [7, 11) is 0. The molecule has 0 aliphatic heterocycles. The van der Waals surface area contributed by atoms with E-state index in [2.05, 4.69) is 17.6 Å². The van der Waals surface area contributed by atoms with E-state index >= 15 is 0 Å². The van der Waals surface area contributed by atoms with E-state index in [1.54, 1.807) is 0 Å². The van der Waals surface area contributed by atoms with Crippen LogP contribution in [-0.4, -0.2) is 35.7 Å². The summed E-state index contributed by atoms with van der Waals surface area (Å²) in [6.07, 6.45) is 4.86. The lowest BCUT2D eigenvalue weighted by molar-refractivity contribution is -0.123. The molecule has 3 N–H and O–H groups in total. The van der Waals surface area contributed by atoms with E-state index in [1.165, 1.54) is 0 Å². The van der Waals surface area contributed by atoms with Gasteiger partial charge in [0.2, 0.25) is 5.91 Å². The van der Waals surface area contributed by atoms with Crippen molar-refractivity contribution in [2.24, 2.45) is 5.92 Å². The van der Waals surface area contributed by atoms with Gasteiger partial charge < -0.3 is 15.7 Å². The molecular weight excluding hydrogens is 228 g/mol. The van der Waals surface area contributed by atoms with Gasteiger partial charge in [0.25, 0.3) is 0 Å². The average Bonchev–Trinajstić information content (AvgIpc) is 2.35. The van der Waals surface area contributed by atoms with Crippen molar-refractivity contribution in [3.8, 4) is 0 Å². The SMILES string of the molecule is CCC(C)NC(=O)C(C)NCC1CCCC(O)C1. The smallest absolute Gasteiger partial charge is 0.237 e. The number of hydrogen-bond donors (Lipinski definition) is 3. The first-order valence-electron chi connectivity index (χ1n) is 7.24. The van der Waals surface area contributed by atoms with Gasteiger partial charge in [-0.3, -0.25) is 4.79 Å². The lowest BCUT2D eigenvalue weighted by Crippen LogP contribution is -2.46. The van der Waals surface area contributed by atoms with E-state index < -0.39 is 0 Å². The molecule has 1 saturated carbocycles. The van der Waals surface area contributed by atoms with Crippen LogP contribution in [0.3, 0.4) is 0 Å². The summed E-state index contributed by atoms with van der Waals surface area (Å²) >= 11 is 0. The Labute approximate surface area is 111 Å². The standard InChI is InChI=1S/C14H28N2O2/c1-4-10(2)16-14(18)11(3)15-9-12-6-5-7-13(17)8-12/h10-13,15,17H,4-9H2,1-3H3,(H,16,18). The number of rotatable bonds is 6. The molecule has 4 atom stereocenters. The number of hydrogen-bond acceptors (Lipinski definition) is 3. The van der Waals surface area contributed by atoms with Gasteiger partial charge in [-0.1, -0.05) is 13.3 Å². The molecule has 0 radical (unpaired) electrons. The highest BCUT2D eigenvalue weighted by molar-refractivity contribution is 5.81. The van der Waals surface area contributed by atoms with Crippen LogP contribution in [-0.2, 0) is 4.79 Å². The molecule has 4 heteroatoms. The highest BCUT2D eigenvalue weighted by Gasteiger charge is 2.21. The highest BCUT2D eigenvalue weighted by atomic mass is 16.3. The van der Waals surface area contributed by atoms with Crippen LogP contribution < -0.4 is 10.6 Å². The van der Waals surface area contributed by atoms with Gasteiger partial charge in [0.05, 0.1) is 12.1 Å². The van der Waals surface area contributed by atoms with Crippen LogP contribution in [0, 0.1) is 5.92 Å². The summed E-state index contributed by atoms with van der Waals surface area (Å²) in [6, 6.07) is 0.0799. The largest absolute Gasteiger partial charge is 0.393 e. The Morgan fingerprint density at radius 1 is 1.39 bits per heavy atom. The van der Waals surface area contributed by atoms with Crippen molar-refractivity contribution in [1.29, 1.82) is 0 Å². The Hall–Kier alpha value is -0.610. The maximum absolute atomic E-state index is 11.8. The van der Waals surface area contributed by atoms with Crippen LogP contribution in [0.2, 0.25) is 0 Å². The normalized spacial score (nSPS) is 27.6.